The van der Waals surface area contributed by atoms with Crippen molar-refractivity contribution in [3.05, 3.63) is 27.7 Å². The number of sulfonamides is 1. The molecule has 1 aliphatic rings. The van der Waals surface area contributed by atoms with Crippen LogP contribution in [-0.4, -0.2) is 25.8 Å². The van der Waals surface area contributed by atoms with Gasteiger partial charge in [-0.2, -0.15) is 4.31 Å². The number of halogens is 2. The molecule has 3 nitrogen and oxygen atoms in total. The summed E-state index contributed by atoms with van der Waals surface area (Å²) in [4.78, 5) is 0.361. The average molecular weight is 381 g/mol. The number of benzene rings is 1. The molecule has 112 valence electrons. The lowest BCUT2D eigenvalue weighted by atomic mass is 9.93. The maximum absolute atomic E-state index is 12.8. The van der Waals surface area contributed by atoms with Gasteiger partial charge in [-0.3, -0.25) is 0 Å². The third-order valence-electron chi connectivity index (χ3n) is 3.77. The highest BCUT2D eigenvalue weighted by Gasteiger charge is 2.37. The van der Waals surface area contributed by atoms with Gasteiger partial charge in [0.25, 0.3) is 0 Å². The van der Waals surface area contributed by atoms with E-state index in [-0.39, 0.29) is 5.41 Å². The van der Waals surface area contributed by atoms with Gasteiger partial charge >= 0.3 is 0 Å². The molecular weight excluding hydrogens is 362 g/mol. The summed E-state index contributed by atoms with van der Waals surface area (Å²) in [5.74, 6) is 0.299. The molecule has 0 saturated carbocycles. The molecule has 0 radical (unpaired) electrons. The SMILES string of the molecule is Cc1c(Br)cc(CCl)cc1S(=O)(=O)N1CCC(C)(C)C1. The maximum atomic E-state index is 12.8. The van der Waals surface area contributed by atoms with Gasteiger partial charge in [-0.15, -0.1) is 11.6 Å². The zero-order valence-electron chi connectivity index (χ0n) is 11.9. The van der Waals surface area contributed by atoms with E-state index >= 15 is 0 Å². The Kier molecular flexibility index (Phi) is 4.55. The Hall–Kier alpha value is -0.100. The Bertz CT molecular complexity index is 628. The molecule has 20 heavy (non-hydrogen) atoms. The summed E-state index contributed by atoms with van der Waals surface area (Å²) in [6, 6.07) is 3.56. The first-order valence-electron chi connectivity index (χ1n) is 6.52. The third-order valence-corrected chi connectivity index (χ3v) is 6.87. The van der Waals surface area contributed by atoms with Gasteiger partial charge in [0.15, 0.2) is 0 Å². The predicted molar refractivity (Wildman–Crippen MR) is 85.6 cm³/mol. The monoisotopic (exact) mass is 379 g/mol. The molecule has 0 aliphatic carbocycles. The van der Waals surface area contributed by atoms with Crippen LogP contribution in [-0.2, 0) is 15.9 Å². The Morgan fingerprint density at radius 3 is 2.55 bits per heavy atom. The van der Waals surface area contributed by atoms with E-state index in [4.69, 9.17) is 11.6 Å². The van der Waals surface area contributed by atoms with Crippen LogP contribution in [0.3, 0.4) is 0 Å². The number of alkyl halides is 1. The van der Waals surface area contributed by atoms with Crippen LogP contribution in [0, 0.1) is 12.3 Å². The molecule has 0 atom stereocenters. The van der Waals surface area contributed by atoms with Crippen molar-refractivity contribution >= 4 is 37.6 Å². The molecule has 0 unspecified atom stereocenters. The second kappa shape index (κ2) is 5.59. The fourth-order valence-corrected chi connectivity index (χ4v) is 5.18. The minimum Gasteiger partial charge on any atom is -0.207 e. The van der Waals surface area contributed by atoms with Crippen LogP contribution in [0.2, 0.25) is 0 Å². The molecule has 1 aromatic carbocycles. The van der Waals surface area contributed by atoms with Gasteiger partial charge in [-0.05, 0) is 42.0 Å². The molecule has 0 N–H and O–H groups in total. The molecule has 1 aliphatic heterocycles. The summed E-state index contributed by atoms with van der Waals surface area (Å²) >= 11 is 9.27. The van der Waals surface area contributed by atoms with Crippen molar-refractivity contribution in [3.63, 3.8) is 0 Å². The van der Waals surface area contributed by atoms with E-state index in [9.17, 15) is 8.42 Å². The zero-order valence-corrected chi connectivity index (χ0v) is 15.1. The first-order chi connectivity index (χ1) is 9.17. The minimum absolute atomic E-state index is 0.0440. The highest BCUT2D eigenvalue weighted by molar-refractivity contribution is 9.10. The largest absolute Gasteiger partial charge is 0.243 e. The van der Waals surface area contributed by atoms with Crippen molar-refractivity contribution in [2.24, 2.45) is 5.41 Å². The van der Waals surface area contributed by atoms with Crippen LogP contribution in [0.5, 0.6) is 0 Å². The van der Waals surface area contributed by atoms with Gasteiger partial charge in [0.05, 0.1) is 4.90 Å². The summed E-state index contributed by atoms with van der Waals surface area (Å²) in [7, 11) is -3.45. The molecule has 0 aromatic heterocycles. The molecule has 0 spiro atoms. The molecule has 2 rings (SSSR count). The first kappa shape index (κ1) is 16.3. The Morgan fingerprint density at radius 2 is 2.05 bits per heavy atom. The van der Waals surface area contributed by atoms with Gasteiger partial charge < -0.3 is 0 Å². The molecule has 6 heteroatoms. The molecule has 0 bridgehead atoms. The predicted octanol–water partition coefficient (Wildman–Crippen LogP) is 3.92. The van der Waals surface area contributed by atoms with Gasteiger partial charge in [0.1, 0.15) is 0 Å². The lowest BCUT2D eigenvalue weighted by Gasteiger charge is -2.21. The topological polar surface area (TPSA) is 37.4 Å². The third kappa shape index (κ3) is 3.06. The minimum atomic E-state index is -3.45. The van der Waals surface area contributed by atoms with Crippen LogP contribution in [0.25, 0.3) is 0 Å². The van der Waals surface area contributed by atoms with E-state index in [1.165, 1.54) is 0 Å². The normalized spacial score (nSPS) is 19.4. The van der Waals surface area contributed by atoms with Crippen LogP contribution in [0.4, 0.5) is 0 Å². The second-order valence-corrected chi connectivity index (χ2v) is 9.12. The lowest BCUT2D eigenvalue weighted by molar-refractivity contribution is 0.375. The van der Waals surface area contributed by atoms with Gasteiger partial charge in [0, 0.05) is 23.4 Å². The number of hydrogen-bond donors (Lipinski definition) is 0. The zero-order chi connectivity index (χ0) is 15.1. The van der Waals surface area contributed by atoms with Crippen molar-refractivity contribution < 1.29 is 8.42 Å². The molecule has 1 heterocycles. The van der Waals surface area contributed by atoms with Crippen molar-refractivity contribution in [2.45, 2.75) is 38.0 Å². The summed E-state index contributed by atoms with van der Waals surface area (Å²) < 4.78 is 28.0. The van der Waals surface area contributed by atoms with Crippen molar-refractivity contribution in [1.29, 1.82) is 0 Å². The Balaban J connectivity index is 2.47. The van der Waals surface area contributed by atoms with E-state index in [1.807, 2.05) is 13.0 Å². The Morgan fingerprint density at radius 1 is 1.40 bits per heavy atom. The van der Waals surface area contributed by atoms with Crippen LogP contribution >= 0.6 is 27.5 Å². The Labute approximate surface area is 134 Å². The highest BCUT2D eigenvalue weighted by Crippen LogP contribution is 2.35. The fraction of sp³-hybridized carbons (Fsp3) is 0.571. The van der Waals surface area contributed by atoms with Crippen LogP contribution in [0.1, 0.15) is 31.4 Å². The van der Waals surface area contributed by atoms with Crippen molar-refractivity contribution in [2.75, 3.05) is 13.1 Å². The summed E-state index contributed by atoms with van der Waals surface area (Å²) in [6.07, 6.45) is 0.891. The smallest absolute Gasteiger partial charge is 0.207 e. The van der Waals surface area contributed by atoms with E-state index in [0.29, 0.717) is 23.9 Å². The van der Waals surface area contributed by atoms with Gasteiger partial charge in [-0.1, -0.05) is 29.8 Å². The fourth-order valence-electron chi connectivity index (χ4n) is 2.46. The summed E-state index contributed by atoms with van der Waals surface area (Å²) in [5.41, 5.74) is 1.59. The van der Waals surface area contributed by atoms with Crippen molar-refractivity contribution in [1.82, 2.24) is 4.31 Å². The highest BCUT2D eigenvalue weighted by atomic mass is 79.9. The lowest BCUT2D eigenvalue weighted by Crippen LogP contribution is -2.31. The number of nitrogens with zero attached hydrogens (tertiary/aromatic N) is 1. The number of rotatable bonds is 3. The molecular formula is C14H19BrClNO2S. The standard InChI is InChI=1S/C14H19BrClNO2S/c1-10-12(15)6-11(8-16)7-13(10)20(18,19)17-5-4-14(2,3)9-17/h6-7H,4-5,8-9H2,1-3H3. The molecule has 1 fully saturated rings. The van der Waals surface area contributed by atoms with Crippen LogP contribution < -0.4 is 0 Å². The maximum Gasteiger partial charge on any atom is 0.243 e. The van der Waals surface area contributed by atoms with E-state index in [0.717, 1.165) is 22.0 Å². The van der Waals surface area contributed by atoms with Crippen molar-refractivity contribution in [3.8, 4) is 0 Å². The molecule has 1 aromatic rings. The number of hydrogen-bond acceptors (Lipinski definition) is 2. The van der Waals surface area contributed by atoms with Gasteiger partial charge in [-0.25, -0.2) is 8.42 Å². The van der Waals surface area contributed by atoms with E-state index < -0.39 is 10.0 Å². The van der Waals surface area contributed by atoms with E-state index in [1.54, 1.807) is 10.4 Å². The second-order valence-electron chi connectivity index (χ2n) is 6.09. The van der Waals surface area contributed by atoms with E-state index in [2.05, 4.69) is 29.8 Å². The molecule has 0 amide bonds. The molecule has 1 saturated heterocycles. The van der Waals surface area contributed by atoms with Gasteiger partial charge in [0.2, 0.25) is 10.0 Å². The quantitative estimate of drug-likeness (QED) is 0.745. The summed E-state index contributed by atoms with van der Waals surface area (Å²) in [5, 5.41) is 0. The average Bonchev–Trinajstić information content (AvgIpc) is 2.73. The van der Waals surface area contributed by atoms with Crippen LogP contribution in [0.15, 0.2) is 21.5 Å². The summed E-state index contributed by atoms with van der Waals surface area (Å²) in [6.45, 7) is 7.16. The first-order valence-corrected chi connectivity index (χ1v) is 9.29.